The van der Waals surface area contributed by atoms with Crippen LogP contribution < -0.4 is 0 Å². The van der Waals surface area contributed by atoms with Crippen LogP contribution in [0.3, 0.4) is 0 Å². The summed E-state index contributed by atoms with van der Waals surface area (Å²) in [6.07, 6.45) is 4.10. The summed E-state index contributed by atoms with van der Waals surface area (Å²) in [7, 11) is 0. The summed E-state index contributed by atoms with van der Waals surface area (Å²) in [5.74, 6) is 0. The summed E-state index contributed by atoms with van der Waals surface area (Å²) in [5, 5.41) is 28.9. The summed E-state index contributed by atoms with van der Waals surface area (Å²) < 4.78 is 1.89. The first kappa shape index (κ1) is 12.4. The third-order valence-corrected chi connectivity index (χ3v) is 3.64. The molecule has 0 bridgehead atoms. The second kappa shape index (κ2) is 4.80. The molecule has 0 aliphatic carbocycles. The highest BCUT2D eigenvalue weighted by atomic mass is 16.3. The Hall–Kier alpha value is -2.63. The highest BCUT2D eigenvalue weighted by Gasteiger charge is 2.30. The van der Waals surface area contributed by atoms with Crippen molar-refractivity contribution in [2.24, 2.45) is 0 Å². The van der Waals surface area contributed by atoms with E-state index in [1.807, 2.05) is 10.6 Å². The summed E-state index contributed by atoms with van der Waals surface area (Å²) in [4.78, 5) is 4.07. The van der Waals surface area contributed by atoms with Crippen LogP contribution in [0.1, 0.15) is 35.8 Å². The molecule has 2 aromatic rings. The van der Waals surface area contributed by atoms with Crippen LogP contribution in [-0.2, 0) is 6.54 Å². The maximum absolute atomic E-state index is 10.2. The van der Waals surface area contributed by atoms with Gasteiger partial charge in [0, 0.05) is 24.5 Å². The predicted octanol–water partition coefficient (Wildman–Crippen LogP) is 2.12. The fourth-order valence-corrected chi connectivity index (χ4v) is 2.82. The van der Waals surface area contributed by atoms with Crippen LogP contribution in [0.4, 0.5) is 0 Å². The van der Waals surface area contributed by atoms with Crippen LogP contribution in [0.5, 0.6) is 0 Å². The maximum Gasteiger partial charge on any atom is 0.103 e. The van der Waals surface area contributed by atoms with E-state index in [-0.39, 0.29) is 0 Å². The third kappa shape index (κ3) is 1.69. The maximum atomic E-state index is 10.2. The molecule has 5 heteroatoms. The highest BCUT2D eigenvalue weighted by Crippen LogP contribution is 2.38. The number of fused-ring (bicyclic) bond motifs is 1. The SMILES string of the molecule is N#Cc1c(C#N)c2n(c1-c1cccnc1)CCCC2O. The average molecular weight is 264 g/mol. The predicted molar refractivity (Wildman–Crippen MR) is 71.3 cm³/mol. The van der Waals surface area contributed by atoms with Gasteiger partial charge in [-0.15, -0.1) is 0 Å². The molecule has 0 saturated heterocycles. The molecule has 0 spiro atoms. The Morgan fingerprint density at radius 2 is 2.10 bits per heavy atom. The van der Waals surface area contributed by atoms with E-state index in [1.54, 1.807) is 18.5 Å². The lowest BCUT2D eigenvalue weighted by molar-refractivity contribution is 0.139. The minimum Gasteiger partial charge on any atom is -0.387 e. The number of nitriles is 2. The fourth-order valence-electron chi connectivity index (χ4n) is 2.82. The number of aliphatic hydroxyl groups excluding tert-OH is 1. The molecule has 0 fully saturated rings. The van der Waals surface area contributed by atoms with Crippen LogP contribution >= 0.6 is 0 Å². The van der Waals surface area contributed by atoms with Gasteiger partial charge in [-0.25, -0.2) is 0 Å². The van der Waals surface area contributed by atoms with Crippen LogP contribution in [0.25, 0.3) is 11.3 Å². The lowest BCUT2D eigenvalue weighted by Gasteiger charge is -2.22. The van der Waals surface area contributed by atoms with E-state index in [4.69, 9.17) is 0 Å². The van der Waals surface area contributed by atoms with Gasteiger partial charge in [0.1, 0.15) is 12.1 Å². The number of aliphatic hydroxyl groups is 1. The van der Waals surface area contributed by atoms with E-state index in [0.29, 0.717) is 35.5 Å². The van der Waals surface area contributed by atoms with Gasteiger partial charge < -0.3 is 9.67 Å². The summed E-state index contributed by atoms with van der Waals surface area (Å²) in [6.45, 7) is 0.701. The molecule has 5 nitrogen and oxygen atoms in total. The molecular weight excluding hydrogens is 252 g/mol. The molecule has 0 amide bonds. The first-order valence-corrected chi connectivity index (χ1v) is 6.43. The zero-order chi connectivity index (χ0) is 14.1. The molecular formula is C15H12N4O. The average Bonchev–Trinajstić information content (AvgIpc) is 2.82. The lowest BCUT2D eigenvalue weighted by atomic mass is 10.0. The second-order valence-electron chi connectivity index (χ2n) is 4.76. The van der Waals surface area contributed by atoms with E-state index in [2.05, 4.69) is 17.1 Å². The molecule has 1 atom stereocenters. The smallest absolute Gasteiger partial charge is 0.103 e. The van der Waals surface area contributed by atoms with Gasteiger partial charge in [-0.05, 0) is 25.0 Å². The molecule has 0 radical (unpaired) electrons. The molecule has 1 aliphatic heterocycles. The Morgan fingerprint density at radius 1 is 1.30 bits per heavy atom. The Morgan fingerprint density at radius 3 is 2.75 bits per heavy atom. The number of hydrogen-bond acceptors (Lipinski definition) is 4. The molecule has 98 valence electrons. The van der Waals surface area contributed by atoms with Crippen molar-refractivity contribution in [3.8, 4) is 23.4 Å². The Labute approximate surface area is 116 Å². The van der Waals surface area contributed by atoms with Crippen molar-refractivity contribution < 1.29 is 5.11 Å². The largest absolute Gasteiger partial charge is 0.387 e. The van der Waals surface area contributed by atoms with Crippen molar-refractivity contribution in [3.63, 3.8) is 0 Å². The molecule has 1 N–H and O–H groups in total. The van der Waals surface area contributed by atoms with E-state index in [9.17, 15) is 15.6 Å². The quantitative estimate of drug-likeness (QED) is 0.854. The van der Waals surface area contributed by atoms with E-state index >= 15 is 0 Å². The van der Waals surface area contributed by atoms with Crippen molar-refractivity contribution in [2.75, 3.05) is 0 Å². The Kier molecular flexibility index (Phi) is 2.98. The zero-order valence-electron chi connectivity index (χ0n) is 10.7. The van der Waals surface area contributed by atoms with Crippen molar-refractivity contribution in [2.45, 2.75) is 25.5 Å². The Balaban J connectivity index is 2.36. The van der Waals surface area contributed by atoms with Gasteiger partial charge in [0.05, 0.1) is 28.6 Å². The van der Waals surface area contributed by atoms with Crippen LogP contribution in [-0.4, -0.2) is 14.7 Å². The topological polar surface area (TPSA) is 85.6 Å². The fraction of sp³-hybridized carbons (Fsp3) is 0.267. The minimum atomic E-state index is -0.684. The van der Waals surface area contributed by atoms with Gasteiger partial charge in [-0.2, -0.15) is 10.5 Å². The van der Waals surface area contributed by atoms with Gasteiger partial charge in [0.25, 0.3) is 0 Å². The summed E-state index contributed by atoms with van der Waals surface area (Å²) in [6, 6.07) is 7.83. The molecule has 3 rings (SSSR count). The number of aromatic nitrogens is 2. The number of rotatable bonds is 1. The van der Waals surface area contributed by atoms with Gasteiger partial charge >= 0.3 is 0 Å². The number of hydrogen-bond donors (Lipinski definition) is 1. The zero-order valence-corrected chi connectivity index (χ0v) is 10.7. The normalized spacial score (nSPS) is 17.1. The van der Waals surface area contributed by atoms with Crippen molar-refractivity contribution in [1.82, 2.24) is 9.55 Å². The molecule has 0 saturated carbocycles. The molecule has 1 aliphatic rings. The third-order valence-electron chi connectivity index (χ3n) is 3.64. The van der Waals surface area contributed by atoms with Crippen LogP contribution in [0, 0.1) is 22.7 Å². The molecule has 3 heterocycles. The first-order chi connectivity index (χ1) is 9.77. The van der Waals surface area contributed by atoms with Gasteiger partial charge in [0.2, 0.25) is 0 Å². The minimum absolute atomic E-state index is 0.290. The van der Waals surface area contributed by atoms with E-state index < -0.39 is 6.10 Å². The number of pyridine rings is 1. The van der Waals surface area contributed by atoms with Crippen molar-refractivity contribution in [1.29, 1.82) is 10.5 Å². The Bertz CT molecular complexity index is 734. The number of nitrogens with zero attached hydrogens (tertiary/aromatic N) is 4. The van der Waals surface area contributed by atoms with Crippen molar-refractivity contribution >= 4 is 0 Å². The monoisotopic (exact) mass is 264 g/mol. The molecule has 2 aromatic heterocycles. The van der Waals surface area contributed by atoms with Crippen molar-refractivity contribution in [3.05, 3.63) is 41.3 Å². The van der Waals surface area contributed by atoms with Gasteiger partial charge in [-0.3, -0.25) is 4.98 Å². The molecule has 0 aromatic carbocycles. The molecule has 1 unspecified atom stereocenters. The van der Waals surface area contributed by atoms with Crippen LogP contribution in [0.2, 0.25) is 0 Å². The van der Waals surface area contributed by atoms with Gasteiger partial charge in [-0.1, -0.05) is 0 Å². The van der Waals surface area contributed by atoms with Crippen LogP contribution in [0.15, 0.2) is 24.5 Å². The summed E-state index contributed by atoms with van der Waals surface area (Å²) in [5.41, 5.74) is 2.66. The standard InChI is InChI=1S/C15H12N4O/c16-7-11-12(8-17)15-13(20)4-2-6-19(15)14(11)10-3-1-5-18-9-10/h1,3,5,9,13,20H,2,4,6H2. The summed E-state index contributed by atoms with van der Waals surface area (Å²) >= 11 is 0. The second-order valence-corrected chi connectivity index (χ2v) is 4.76. The van der Waals surface area contributed by atoms with E-state index in [0.717, 1.165) is 12.0 Å². The highest BCUT2D eigenvalue weighted by molar-refractivity contribution is 5.73. The lowest BCUT2D eigenvalue weighted by Crippen LogP contribution is -2.16. The van der Waals surface area contributed by atoms with E-state index in [1.165, 1.54) is 0 Å². The molecule has 20 heavy (non-hydrogen) atoms. The first-order valence-electron chi connectivity index (χ1n) is 6.43. The van der Waals surface area contributed by atoms with Gasteiger partial charge in [0.15, 0.2) is 0 Å².